The molecule has 0 radical (unpaired) electrons. The monoisotopic (exact) mass is 412 g/mol. The largest absolute Gasteiger partial charge is 0.481 e. The van der Waals surface area contributed by atoms with Gasteiger partial charge in [-0.15, -0.1) is 0 Å². The number of hydrogen-bond acceptors (Lipinski definition) is 4. The Morgan fingerprint density at radius 1 is 0.655 bits per heavy atom. The van der Waals surface area contributed by atoms with Crippen LogP contribution in [0.5, 0.6) is 0 Å². The van der Waals surface area contributed by atoms with E-state index in [1.807, 2.05) is 0 Å². The fourth-order valence-corrected chi connectivity index (χ4v) is 3.36. The Balaban J connectivity index is 3.41. The maximum atomic E-state index is 11.8. The summed E-state index contributed by atoms with van der Waals surface area (Å²) in [5.41, 5.74) is 0. The smallest absolute Gasteiger partial charge is 0.316 e. The number of rotatable bonds is 19. The fraction of sp³-hybridized carbons (Fsp3) is 0.875. The molecule has 0 saturated carbocycles. The highest BCUT2D eigenvalue weighted by Gasteiger charge is 2.18. The lowest BCUT2D eigenvalue weighted by Crippen LogP contribution is -2.19. The molecule has 0 aliphatic heterocycles. The van der Waals surface area contributed by atoms with Gasteiger partial charge < -0.3 is 9.84 Å². The molecule has 29 heavy (non-hydrogen) atoms. The Bertz CT molecular complexity index is 445. The van der Waals surface area contributed by atoms with Gasteiger partial charge in [0.05, 0.1) is 18.8 Å². The van der Waals surface area contributed by atoms with E-state index in [4.69, 9.17) is 9.84 Å². The van der Waals surface area contributed by atoms with Crippen molar-refractivity contribution in [3.05, 3.63) is 0 Å². The maximum Gasteiger partial charge on any atom is 0.316 e. The molecule has 0 bridgehead atoms. The molecule has 0 aromatic rings. The molecule has 0 aromatic heterocycles. The molecule has 5 heteroatoms. The van der Waals surface area contributed by atoms with Crippen molar-refractivity contribution < 1.29 is 24.2 Å². The first kappa shape index (κ1) is 27.6. The third kappa shape index (κ3) is 19.7. The normalized spacial score (nSPS) is 12.1. The molecule has 0 saturated heterocycles. The fourth-order valence-electron chi connectivity index (χ4n) is 3.36. The average molecular weight is 413 g/mol. The lowest BCUT2D eigenvalue weighted by Gasteiger charge is -2.10. The van der Waals surface area contributed by atoms with Gasteiger partial charge in [-0.3, -0.25) is 14.4 Å². The van der Waals surface area contributed by atoms with Crippen LogP contribution in [-0.2, 0) is 19.1 Å². The second-order valence-electron chi connectivity index (χ2n) is 8.80. The van der Waals surface area contributed by atoms with Crippen LogP contribution < -0.4 is 0 Å². The first-order valence-electron chi connectivity index (χ1n) is 11.8. The summed E-state index contributed by atoms with van der Waals surface area (Å²) in [7, 11) is 0. The number of unbranched alkanes of at least 4 members (excludes halogenated alkanes) is 11. The summed E-state index contributed by atoms with van der Waals surface area (Å²) >= 11 is 0. The van der Waals surface area contributed by atoms with Gasteiger partial charge in [0.25, 0.3) is 0 Å². The Kier molecular flexibility index (Phi) is 17.7. The average Bonchev–Trinajstić information content (AvgIpc) is 2.66. The third-order valence-electron chi connectivity index (χ3n) is 5.33. The van der Waals surface area contributed by atoms with E-state index in [1.165, 1.54) is 70.6 Å². The number of carbonyl (C=O) groups excluding carboxylic acids is 2. The van der Waals surface area contributed by atoms with Gasteiger partial charge >= 0.3 is 17.9 Å². The zero-order valence-electron chi connectivity index (χ0n) is 19.0. The highest BCUT2D eigenvalue weighted by molar-refractivity contribution is 5.87. The zero-order valence-corrected chi connectivity index (χ0v) is 19.0. The van der Waals surface area contributed by atoms with E-state index in [0.29, 0.717) is 6.42 Å². The predicted molar refractivity (Wildman–Crippen MR) is 117 cm³/mol. The number of hydrogen-bond donors (Lipinski definition) is 1. The van der Waals surface area contributed by atoms with Crippen LogP contribution in [0.15, 0.2) is 0 Å². The van der Waals surface area contributed by atoms with Gasteiger partial charge in [-0.1, -0.05) is 104 Å². The van der Waals surface area contributed by atoms with E-state index in [0.717, 1.165) is 18.8 Å². The molecule has 1 atom stereocenters. The highest BCUT2D eigenvalue weighted by atomic mass is 16.6. The molecule has 0 amide bonds. The van der Waals surface area contributed by atoms with Crippen molar-refractivity contribution in [2.24, 2.45) is 11.8 Å². The quantitative estimate of drug-likeness (QED) is 0.145. The Labute approximate surface area is 178 Å². The molecule has 0 heterocycles. The van der Waals surface area contributed by atoms with Crippen LogP contribution in [0.25, 0.3) is 0 Å². The van der Waals surface area contributed by atoms with Gasteiger partial charge in [0, 0.05) is 0 Å². The Morgan fingerprint density at radius 3 is 1.48 bits per heavy atom. The molecule has 1 N–H and O–H groups in total. The molecule has 0 rings (SSSR count). The van der Waals surface area contributed by atoms with E-state index in [9.17, 15) is 14.4 Å². The number of carboxylic acid groups (broad SMARTS) is 1. The standard InChI is InChI=1S/C24H44O5/c1-20(2)16-14-12-10-8-6-4-5-7-9-11-13-15-17-21(3)24(28)29-23(27)19-18-22(25)26/h20-21H,4-19H2,1-3H3,(H,25,26). The number of carbonyl (C=O) groups is 3. The van der Waals surface area contributed by atoms with E-state index in [2.05, 4.69) is 13.8 Å². The predicted octanol–water partition coefficient (Wildman–Crippen LogP) is 6.67. The van der Waals surface area contributed by atoms with E-state index >= 15 is 0 Å². The van der Waals surface area contributed by atoms with E-state index in [-0.39, 0.29) is 18.8 Å². The lowest BCUT2D eigenvalue weighted by atomic mass is 10.0. The summed E-state index contributed by atoms with van der Waals surface area (Å²) < 4.78 is 4.70. The van der Waals surface area contributed by atoms with Gasteiger partial charge in [-0.25, -0.2) is 0 Å². The number of aliphatic carboxylic acids is 1. The molecule has 170 valence electrons. The number of carboxylic acids is 1. The van der Waals surface area contributed by atoms with Gasteiger partial charge in [0.2, 0.25) is 0 Å². The van der Waals surface area contributed by atoms with Crippen molar-refractivity contribution in [3.63, 3.8) is 0 Å². The molecule has 1 unspecified atom stereocenters. The molecule has 0 spiro atoms. The minimum atomic E-state index is -1.07. The summed E-state index contributed by atoms with van der Waals surface area (Å²) in [6.07, 6.45) is 16.9. The van der Waals surface area contributed by atoms with Crippen molar-refractivity contribution >= 4 is 17.9 Å². The second-order valence-corrected chi connectivity index (χ2v) is 8.80. The van der Waals surface area contributed by atoms with Crippen molar-refractivity contribution in [3.8, 4) is 0 Å². The molecule has 5 nitrogen and oxygen atoms in total. The van der Waals surface area contributed by atoms with Crippen molar-refractivity contribution in [2.75, 3.05) is 0 Å². The number of esters is 2. The van der Waals surface area contributed by atoms with Crippen molar-refractivity contribution in [1.82, 2.24) is 0 Å². The van der Waals surface area contributed by atoms with Crippen LogP contribution in [0.2, 0.25) is 0 Å². The van der Waals surface area contributed by atoms with Crippen LogP contribution in [0.4, 0.5) is 0 Å². The van der Waals surface area contributed by atoms with Crippen LogP contribution in [0.3, 0.4) is 0 Å². The van der Waals surface area contributed by atoms with Gasteiger partial charge in [-0.2, -0.15) is 0 Å². The van der Waals surface area contributed by atoms with Gasteiger partial charge in [0.1, 0.15) is 0 Å². The molecular weight excluding hydrogens is 368 g/mol. The molecule has 0 aliphatic rings. The van der Waals surface area contributed by atoms with E-state index in [1.54, 1.807) is 6.92 Å². The Hall–Kier alpha value is -1.39. The molecular formula is C24H44O5. The zero-order chi connectivity index (χ0) is 21.9. The summed E-state index contributed by atoms with van der Waals surface area (Å²) in [4.78, 5) is 33.6. The summed E-state index contributed by atoms with van der Waals surface area (Å²) in [6, 6.07) is 0. The van der Waals surface area contributed by atoms with Crippen LogP contribution >= 0.6 is 0 Å². The van der Waals surface area contributed by atoms with Crippen LogP contribution in [0, 0.1) is 11.8 Å². The van der Waals surface area contributed by atoms with Crippen molar-refractivity contribution in [1.29, 1.82) is 0 Å². The minimum Gasteiger partial charge on any atom is -0.481 e. The lowest BCUT2D eigenvalue weighted by molar-refractivity contribution is -0.163. The van der Waals surface area contributed by atoms with Crippen LogP contribution in [-0.4, -0.2) is 23.0 Å². The summed E-state index contributed by atoms with van der Waals surface area (Å²) in [6.45, 7) is 6.35. The topological polar surface area (TPSA) is 80.7 Å². The third-order valence-corrected chi connectivity index (χ3v) is 5.33. The molecule has 0 aliphatic carbocycles. The maximum absolute atomic E-state index is 11.8. The minimum absolute atomic E-state index is 0.258. The second kappa shape index (κ2) is 18.6. The SMILES string of the molecule is CC(C)CCCCCCCCCCCCCCC(C)C(=O)OC(=O)CCC(=O)O. The first-order chi connectivity index (χ1) is 13.8. The van der Waals surface area contributed by atoms with Crippen molar-refractivity contribution in [2.45, 2.75) is 124 Å². The van der Waals surface area contributed by atoms with Crippen LogP contribution in [0.1, 0.15) is 124 Å². The first-order valence-corrected chi connectivity index (χ1v) is 11.8. The summed E-state index contributed by atoms with van der Waals surface area (Å²) in [5.74, 6) is -1.83. The molecule has 0 aromatic carbocycles. The van der Waals surface area contributed by atoms with Gasteiger partial charge in [-0.05, 0) is 12.3 Å². The highest BCUT2D eigenvalue weighted by Crippen LogP contribution is 2.16. The molecule has 0 fully saturated rings. The number of ether oxygens (including phenoxy) is 1. The van der Waals surface area contributed by atoms with E-state index < -0.39 is 17.9 Å². The summed E-state index contributed by atoms with van der Waals surface area (Å²) in [5, 5.41) is 8.52. The Morgan fingerprint density at radius 2 is 1.07 bits per heavy atom. The van der Waals surface area contributed by atoms with Gasteiger partial charge in [0.15, 0.2) is 0 Å².